The number of carbonyl (C=O) groups is 1. The molecule has 0 N–H and O–H groups in total. The van der Waals surface area contributed by atoms with Crippen LogP contribution in [0.15, 0.2) is 54.4 Å². The number of hydrogen-bond acceptors (Lipinski definition) is 6. The van der Waals surface area contributed by atoms with Crippen LogP contribution in [0, 0.1) is 0 Å². The molecule has 3 aromatic rings. The lowest BCUT2D eigenvalue weighted by atomic mass is 9.82. The van der Waals surface area contributed by atoms with Crippen LogP contribution in [0.4, 0.5) is 4.79 Å². The summed E-state index contributed by atoms with van der Waals surface area (Å²) >= 11 is 0. The summed E-state index contributed by atoms with van der Waals surface area (Å²) in [6.45, 7) is 8.04. The van der Waals surface area contributed by atoms with Crippen molar-refractivity contribution >= 4 is 17.1 Å². The number of nitrogens with zero attached hydrogens (tertiary/aromatic N) is 5. The highest BCUT2D eigenvalue weighted by Gasteiger charge is 2.54. The molecule has 3 aliphatic heterocycles. The molecule has 2 fully saturated rings. The van der Waals surface area contributed by atoms with E-state index in [1.54, 1.807) is 14.2 Å². The number of hydrogen-bond donors (Lipinski definition) is 0. The van der Waals surface area contributed by atoms with Crippen LogP contribution in [0.3, 0.4) is 0 Å². The maximum absolute atomic E-state index is 13.8. The van der Waals surface area contributed by atoms with E-state index < -0.39 is 0 Å². The summed E-state index contributed by atoms with van der Waals surface area (Å²) in [5.74, 6) is 1.67. The SMILES string of the molecule is CCN1C(=O)N2Cc3cc(OC)cc(OC)c3[C@@H](C)C=C2C12CCN(Cc1cnc3ccccc3n1)CC2. The van der Waals surface area contributed by atoms with Crippen LogP contribution in [0.1, 0.15) is 49.4 Å². The van der Waals surface area contributed by atoms with E-state index in [4.69, 9.17) is 14.5 Å². The number of rotatable bonds is 5. The Morgan fingerprint density at radius 1 is 1.08 bits per heavy atom. The summed E-state index contributed by atoms with van der Waals surface area (Å²) in [5.41, 5.74) is 5.88. The minimum atomic E-state index is -0.301. The Hall–Kier alpha value is -3.65. The largest absolute Gasteiger partial charge is 0.497 e. The first-order chi connectivity index (χ1) is 18.5. The van der Waals surface area contributed by atoms with E-state index in [-0.39, 0.29) is 17.5 Å². The average molecular weight is 514 g/mol. The number of fused-ring (bicyclic) bond motifs is 4. The molecule has 198 valence electrons. The molecule has 0 radical (unpaired) electrons. The van der Waals surface area contributed by atoms with Gasteiger partial charge in [0, 0.05) is 49.4 Å². The smallest absolute Gasteiger partial charge is 0.325 e. The Kier molecular flexibility index (Phi) is 6.22. The number of aromatic nitrogens is 2. The van der Waals surface area contributed by atoms with Crippen molar-refractivity contribution in [2.75, 3.05) is 33.9 Å². The van der Waals surface area contributed by atoms with Crippen LogP contribution in [0.25, 0.3) is 11.0 Å². The molecule has 6 rings (SSSR count). The third-order valence-electron chi connectivity index (χ3n) is 8.48. The summed E-state index contributed by atoms with van der Waals surface area (Å²) < 4.78 is 11.3. The molecule has 2 amide bonds. The number of amides is 2. The van der Waals surface area contributed by atoms with Gasteiger partial charge in [-0.25, -0.2) is 9.78 Å². The molecule has 1 spiro atoms. The summed E-state index contributed by atoms with van der Waals surface area (Å²) in [7, 11) is 3.36. The fourth-order valence-corrected chi connectivity index (χ4v) is 6.65. The van der Waals surface area contributed by atoms with Gasteiger partial charge in [-0.1, -0.05) is 25.1 Å². The lowest BCUT2D eigenvalue weighted by Gasteiger charge is -2.44. The van der Waals surface area contributed by atoms with Crippen LogP contribution in [-0.4, -0.2) is 70.1 Å². The van der Waals surface area contributed by atoms with Gasteiger partial charge in [-0.15, -0.1) is 0 Å². The van der Waals surface area contributed by atoms with E-state index in [1.165, 1.54) is 0 Å². The highest BCUT2D eigenvalue weighted by atomic mass is 16.5. The molecular formula is C30H35N5O3. The van der Waals surface area contributed by atoms with Crippen LogP contribution >= 0.6 is 0 Å². The normalized spacial score (nSPS) is 20.8. The van der Waals surface area contributed by atoms with Gasteiger partial charge < -0.3 is 14.4 Å². The highest BCUT2D eigenvalue weighted by Crippen LogP contribution is 2.49. The predicted molar refractivity (Wildman–Crippen MR) is 146 cm³/mol. The monoisotopic (exact) mass is 513 g/mol. The molecule has 8 heteroatoms. The molecule has 1 atom stereocenters. The van der Waals surface area contributed by atoms with Crippen molar-refractivity contribution in [1.29, 1.82) is 0 Å². The molecule has 8 nitrogen and oxygen atoms in total. The molecule has 2 aromatic carbocycles. The van der Waals surface area contributed by atoms with Gasteiger partial charge in [0.25, 0.3) is 0 Å². The summed E-state index contributed by atoms with van der Waals surface area (Å²) in [6.07, 6.45) is 5.97. The van der Waals surface area contributed by atoms with Gasteiger partial charge in [-0.3, -0.25) is 14.8 Å². The lowest BCUT2D eigenvalue weighted by Crippen LogP contribution is -2.53. The van der Waals surface area contributed by atoms with Gasteiger partial charge in [0.05, 0.1) is 49.2 Å². The minimum Gasteiger partial charge on any atom is -0.497 e. The van der Waals surface area contributed by atoms with E-state index in [0.29, 0.717) is 13.1 Å². The zero-order valence-electron chi connectivity index (χ0n) is 22.6. The number of piperidine rings is 1. The van der Waals surface area contributed by atoms with Crippen molar-refractivity contribution in [2.45, 2.75) is 51.2 Å². The van der Waals surface area contributed by atoms with Crippen molar-refractivity contribution in [3.05, 3.63) is 71.2 Å². The fourth-order valence-electron chi connectivity index (χ4n) is 6.65. The molecule has 2 saturated heterocycles. The molecule has 0 unspecified atom stereocenters. The van der Waals surface area contributed by atoms with E-state index in [2.05, 4.69) is 34.7 Å². The Bertz CT molecular complexity index is 1410. The zero-order valence-corrected chi connectivity index (χ0v) is 22.6. The third kappa shape index (κ3) is 3.89. The average Bonchev–Trinajstić information content (AvgIpc) is 3.04. The van der Waals surface area contributed by atoms with Crippen LogP contribution in [0.5, 0.6) is 11.5 Å². The van der Waals surface area contributed by atoms with E-state index in [1.807, 2.05) is 47.5 Å². The Labute approximate surface area is 223 Å². The number of carbonyl (C=O) groups excluding carboxylic acids is 1. The molecule has 0 aliphatic carbocycles. The fraction of sp³-hybridized carbons (Fsp3) is 0.433. The molecule has 3 aliphatic rings. The quantitative estimate of drug-likeness (QED) is 0.481. The second-order valence-electron chi connectivity index (χ2n) is 10.5. The predicted octanol–water partition coefficient (Wildman–Crippen LogP) is 4.94. The molecule has 0 bridgehead atoms. The van der Waals surface area contributed by atoms with Crippen molar-refractivity contribution in [3.8, 4) is 11.5 Å². The molecule has 38 heavy (non-hydrogen) atoms. The second-order valence-corrected chi connectivity index (χ2v) is 10.5. The number of methoxy groups -OCH3 is 2. The third-order valence-corrected chi connectivity index (χ3v) is 8.48. The summed E-state index contributed by atoms with van der Waals surface area (Å²) in [4.78, 5) is 29.8. The number of likely N-dealkylation sites (tertiary alicyclic amines) is 1. The molecular weight excluding hydrogens is 478 g/mol. The number of benzene rings is 2. The Morgan fingerprint density at radius 3 is 2.55 bits per heavy atom. The standard InChI is InChI=1S/C30H35N5O3/c1-5-35-29(36)34-18-21-15-23(37-3)16-26(38-4)28(21)20(2)14-27(34)30(35)10-12-33(13-11-30)19-22-17-31-24-8-6-7-9-25(24)32-22/h6-9,14-17,20H,5,10-13,18-19H2,1-4H3/t20-/m0/s1. The number of ether oxygens (including phenoxy) is 2. The van der Waals surface area contributed by atoms with Crippen LogP contribution in [0.2, 0.25) is 0 Å². The minimum absolute atomic E-state index is 0.0921. The van der Waals surface area contributed by atoms with E-state index >= 15 is 0 Å². The van der Waals surface area contributed by atoms with Crippen molar-refractivity contribution in [1.82, 2.24) is 24.7 Å². The molecule has 4 heterocycles. The van der Waals surface area contributed by atoms with E-state index in [9.17, 15) is 4.79 Å². The number of likely N-dealkylation sites (N-methyl/N-ethyl adjacent to an activating group) is 1. The van der Waals surface area contributed by atoms with Gasteiger partial charge in [0.15, 0.2) is 0 Å². The Balaban J connectivity index is 1.28. The number of para-hydroxylation sites is 2. The van der Waals surface area contributed by atoms with Crippen molar-refractivity contribution < 1.29 is 14.3 Å². The van der Waals surface area contributed by atoms with Crippen molar-refractivity contribution in [3.63, 3.8) is 0 Å². The van der Waals surface area contributed by atoms with Gasteiger partial charge in [0.1, 0.15) is 11.5 Å². The lowest BCUT2D eigenvalue weighted by molar-refractivity contribution is 0.0882. The summed E-state index contributed by atoms with van der Waals surface area (Å²) in [6, 6.07) is 12.1. The van der Waals surface area contributed by atoms with Crippen molar-refractivity contribution in [2.24, 2.45) is 0 Å². The Morgan fingerprint density at radius 2 is 1.84 bits per heavy atom. The number of urea groups is 1. The number of allylic oxidation sites excluding steroid dienone is 1. The molecule has 0 saturated carbocycles. The van der Waals surface area contributed by atoms with Crippen LogP contribution in [-0.2, 0) is 13.1 Å². The van der Waals surface area contributed by atoms with Gasteiger partial charge in [0.2, 0.25) is 0 Å². The maximum atomic E-state index is 13.8. The maximum Gasteiger partial charge on any atom is 0.325 e. The zero-order chi connectivity index (χ0) is 26.4. The first-order valence-corrected chi connectivity index (χ1v) is 13.5. The van der Waals surface area contributed by atoms with E-state index in [0.717, 1.165) is 77.5 Å². The second kappa shape index (κ2) is 9.58. The summed E-state index contributed by atoms with van der Waals surface area (Å²) in [5, 5.41) is 0. The topological polar surface area (TPSA) is 71.0 Å². The van der Waals surface area contributed by atoms with Gasteiger partial charge in [-0.2, -0.15) is 0 Å². The first kappa shape index (κ1) is 24.7. The van der Waals surface area contributed by atoms with Crippen LogP contribution < -0.4 is 9.47 Å². The first-order valence-electron chi connectivity index (χ1n) is 13.5. The van der Waals surface area contributed by atoms with Gasteiger partial charge in [-0.05, 0) is 43.5 Å². The molecule has 1 aromatic heterocycles. The van der Waals surface area contributed by atoms with Gasteiger partial charge >= 0.3 is 6.03 Å². The highest BCUT2D eigenvalue weighted by molar-refractivity contribution is 5.83.